The highest BCUT2D eigenvalue weighted by atomic mass is 127. The Morgan fingerprint density at radius 2 is 2.11 bits per heavy atom. The van der Waals surface area contributed by atoms with Crippen molar-refractivity contribution in [2.45, 2.75) is 6.54 Å². The normalized spacial score (nSPS) is 10.7. The van der Waals surface area contributed by atoms with Crippen molar-refractivity contribution in [3.8, 4) is 5.69 Å². The van der Waals surface area contributed by atoms with E-state index >= 15 is 0 Å². The van der Waals surface area contributed by atoms with Gasteiger partial charge in [0.2, 0.25) is 0 Å². The third kappa shape index (κ3) is 3.95. The standard InChI is InChI=1S/C13H17N5.HI/c1-14-13(15-2)16-10-11-6-3-4-7-12(11)18-9-5-8-17-18;/h3-9H,10H2,1-2H3,(H2,14,15,16);1H. The van der Waals surface area contributed by atoms with Crippen LogP contribution in [0.1, 0.15) is 5.56 Å². The number of aromatic nitrogens is 2. The van der Waals surface area contributed by atoms with Crippen LogP contribution < -0.4 is 10.6 Å². The first-order valence-corrected chi connectivity index (χ1v) is 5.81. The summed E-state index contributed by atoms with van der Waals surface area (Å²) in [6.45, 7) is 0.698. The molecular formula is C13H18IN5. The molecule has 0 aliphatic rings. The molecule has 0 aliphatic heterocycles. The molecule has 1 aromatic heterocycles. The molecular weight excluding hydrogens is 353 g/mol. The summed E-state index contributed by atoms with van der Waals surface area (Å²) in [5.74, 6) is 0.769. The maximum absolute atomic E-state index is 4.26. The van der Waals surface area contributed by atoms with E-state index in [9.17, 15) is 0 Å². The summed E-state index contributed by atoms with van der Waals surface area (Å²) in [4.78, 5) is 4.09. The smallest absolute Gasteiger partial charge is 0.190 e. The van der Waals surface area contributed by atoms with Crippen molar-refractivity contribution >= 4 is 29.9 Å². The lowest BCUT2D eigenvalue weighted by Gasteiger charge is -2.12. The molecule has 0 radical (unpaired) electrons. The van der Waals surface area contributed by atoms with Gasteiger partial charge in [-0.2, -0.15) is 5.10 Å². The van der Waals surface area contributed by atoms with Crippen LogP contribution in [0.25, 0.3) is 5.69 Å². The van der Waals surface area contributed by atoms with Gasteiger partial charge in [0.15, 0.2) is 5.96 Å². The van der Waals surface area contributed by atoms with E-state index < -0.39 is 0 Å². The monoisotopic (exact) mass is 371 g/mol. The zero-order valence-corrected chi connectivity index (χ0v) is 13.3. The van der Waals surface area contributed by atoms with E-state index in [-0.39, 0.29) is 24.0 Å². The van der Waals surface area contributed by atoms with Gasteiger partial charge in [-0.15, -0.1) is 24.0 Å². The molecule has 0 saturated heterocycles. The van der Waals surface area contributed by atoms with Crippen LogP contribution in [0.5, 0.6) is 0 Å². The van der Waals surface area contributed by atoms with E-state index in [2.05, 4.69) is 26.8 Å². The predicted octanol–water partition coefficient (Wildman–Crippen LogP) is 1.79. The van der Waals surface area contributed by atoms with Crippen LogP contribution in [0.3, 0.4) is 0 Å². The minimum absolute atomic E-state index is 0. The molecule has 2 aromatic rings. The number of nitrogens with one attached hydrogen (secondary N) is 2. The number of hydrogen-bond donors (Lipinski definition) is 2. The lowest BCUT2D eigenvalue weighted by molar-refractivity contribution is 0.820. The van der Waals surface area contributed by atoms with Crippen LogP contribution in [-0.2, 0) is 6.54 Å². The molecule has 0 saturated carbocycles. The van der Waals surface area contributed by atoms with Gasteiger partial charge in [0.1, 0.15) is 0 Å². The van der Waals surface area contributed by atoms with Crippen molar-refractivity contribution in [1.82, 2.24) is 20.4 Å². The lowest BCUT2D eigenvalue weighted by Crippen LogP contribution is -2.34. The number of benzene rings is 1. The Kier molecular flexibility index (Phi) is 6.34. The van der Waals surface area contributed by atoms with Gasteiger partial charge in [0.05, 0.1) is 5.69 Å². The van der Waals surface area contributed by atoms with Crippen molar-refractivity contribution < 1.29 is 0 Å². The molecule has 2 rings (SSSR count). The van der Waals surface area contributed by atoms with E-state index in [1.165, 1.54) is 0 Å². The van der Waals surface area contributed by atoms with Gasteiger partial charge in [0.25, 0.3) is 0 Å². The fourth-order valence-corrected chi connectivity index (χ4v) is 1.75. The van der Waals surface area contributed by atoms with E-state index in [1.54, 1.807) is 13.2 Å². The summed E-state index contributed by atoms with van der Waals surface area (Å²) in [6, 6.07) is 10.1. The van der Waals surface area contributed by atoms with Crippen molar-refractivity contribution in [2.75, 3.05) is 14.1 Å². The molecule has 5 nitrogen and oxygen atoms in total. The molecule has 0 spiro atoms. The van der Waals surface area contributed by atoms with Crippen LogP contribution >= 0.6 is 24.0 Å². The first kappa shape index (κ1) is 15.5. The van der Waals surface area contributed by atoms with Crippen LogP contribution in [-0.4, -0.2) is 29.8 Å². The molecule has 0 aliphatic carbocycles. The summed E-state index contributed by atoms with van der Waals surface area (Å²) in [6.07, 6.45) is 3.71. The summed E-state index contributed by atoms with van der Waals surface area (Å²) < 4.78 is 1.86. The van der Waals surface area contributed by atoms with Crippen LogP contribution in [0.4, 0.5) is 0 Å². The lowest BCUT2D eigenvalue weighted by atomic mass is 10.2. The van der Waals surface area contributed by atoms with Crippen LogP contribution in [0, 0.1) is 0 Å². The molecule has 0 amide bonds. The molecule has 1 aromatic carbocycles. The second-order valence-corrected chi connectivity index (χ2v) is 3.76. The Hall–Kier alpha value is -1.57. The van der Waals surface area contributed by atoms with Gasteiger partial charge in [-0.1, -0.05) is 18.2 Å². The zero-order chi connectivity index (χ0) is 12.8. The third-order valence-electron chi connectivity index (χ3n) is 2.65. The van der Waals surface area contributed by atoms with Gasteiger partial charge >= 0.3 is 0 Å². The Bertz CT molecular complexity index is 522. The number of rotatable bonds is 3. The van der Waals surface area contributed by atoms with Gasteiger partial charge in [-0.3, -0.25) is 4.99 Å². The van der Waals surface area contributed by atoms with Gasteiger partial charge < -0.3 is 10.6 Å². The van der Waals surface area contributed by atoms with E-state index in [4.69, 9.17) is 0 Å². The van der Waals surface area contributed by atoms with Crippen molar-refractivity contribution in [3.05, 3.63) is 48.3 Å². The number of guanidine groups is 1. The molecule has 2 N–H and O–H groups in total. The molecule has 0 atom stereocenters. The molecule has 19 heavy (non-hydrogen) atoms. The second kappa shape index (κ2) is 7.78. The quantitative estimate of drug-likeness (QED) is 0.492. The molecule has 6 heteroatoms. The van der Waals surface area contributed by atoms with Crippen molar-refractivity contribution in [2.24, 2.45) is 4.99 Å². The SMILES string of the molecule is CN=C(NC)NCc1ccccc1-n1cccn1.I. The summed E-state index contributed by atoms with van der Waals surface area (Å²) in [5.41, 5.74) is 2.24. The summed E-state index contributed by atoms with van der Waals surface area (Å²) in [7, 11) is 3.59. The highest BCUT2D eigenvalue weighted by Gasteiger charge is 2.04. The highest BCUT2D eigenvalue weighted by Crippen LogP contribution is 2.12. The predicted molar refractivity (Wildman–Crippen MR) is 88.2 cm³/mol. The topological polar surface area (TPSA) is 54.2 Å². The number of aliphatic imine (C=N–C) groups is 1. The van der Waals surface area contributed by atoms with Crippen LogP contribution in [0.2, 0.25) is 0 Å². The van der Waals surface area contributed by atoms with Gasteiger partial charge in [-0.05, 0) is 17.7 Å². The third-order valence-corrected chi connectivity index (χ3v) is 2.65. The minimum Gasteiger partial charge on any atom is -0.359 e. The Balaban J connectivity index is 0.00000180. The minimum atomic E-state index is 0. The molecule has 0 unspecified atom stereocenters. The molecule has 1 heterocycles. The fourth-order valence-electron chi connectivity index (χ4n) is 1.75. The fraction of sp³-hybridized carbons (Fsp3) is 0.231. The molecule has 0 fully saturated rings. The maximum atomic E-state index is 4.26. The summed E-state index contributed by atoms with van der Waals surface area (Å²) in [5, 5.41) is 10.5. The number of halogens is 1. The molecule has 0 bridgehead atoms. The molecule has 102 valence electrons. The Morgan fingerprint density at radius 1 is 1.32 bits per heavy atom. The first-order chi connectivity index (χ1) is 8.85. The maximum Gasteiger partial charge on any atom is 0.190 e. The van der Waals surface area contributed by atoms with E-state index in [0.29, 0.717) is 6.54 Å². The van der Waals surface area contributed by atoms with Crippen molar-refractivity contribution in [1.29, 1.82) is 0 Å². The number of nitrogens with zero attached hydrogens (tertiary/aromatic N) is 3. The van der Waals surface area contributed by atoms with E-state index in [0.717, 1.165) is 17.2 Å². The Labute approximate surface area is 130 Å². The van der Waals surface area contributed by atoms with E-state index in [1.807, 2.05) is 42.2 Å². The average molecular weight is 371 g/mol. The largest absolute Gasteiger partial charge is 0.359 e. The van der Waals surface area contributed by atoms with Gasteiger partial charge in [0, 0.05) is 33.0 Å². The van der Waals surface area contributed by atoms with Gasteiger partial charge in [-0.25, -0.2) is 4.68 Å². The Morgan fingerprint density at radius 3 is 2.74 bits per heavy atom. The highest BCUT2D eigenvalue weighted by molar-refractivity contribution is 14.0. The second-order valence-electron chi connectivity index (χ2n) is 3.76. The zero-order valence-electron chi connectivity index (χ0n) is 11.0. The van der Waals surface area contributed by atoms with Crippen LogP contribution in [0.15, 0.2) is 47.7 Å². The summed E-state index contributed by atoms with van der Waals surface area (Å²) >= 11 is 0. The number of para-hydroxylation sites is 1. The average Bonchev–Trinajstić information content (AvgIpc) is 2.94. The number of hydrogen-bond acceptors (Lipinski definition) is 2. The first-order valence-electron chi connectivity index (χ1n) is 5.81. The van der Waals surface area contributed by atoms with Crippen molar-refractivity contribution in [3.63, 3.8) is 0 Å².